The number of hydrogen-bond acceptors (Lipinski definition) is 2. The van der Waals surface area contributed by atoms with Crippen molar-refractivity contribution >= 4 is 46.2 Å². The average molecular weight is 369 g/mol. The van der Waals surface area contributed by atoms with Crippen LogP contribution < -0.4 is 5.32 Å². The van der Waals surface area contributed by atoms with Crippen LogP contribution in [0.15, 0.2) is 41.0 Å². The second-order valence-electron chi connectivity index (χ2n) is 5.70. The quantitative estimate of drug-likeness (QED) is 0.697. The normalized spacial score (nSPS) is 14.9. The Labute approximate surface area is 151 Å². The van der Waals surface area contributed by atoms with Gasteiger partial charge < -0.3 is 14.6 Å². The van der Waals surface area contributed by atoms with Crippen LogP contribution in [0.5, 0.6) is 0 Å². The Bertz CT molecular complexity index is 669. The van der Waals surface area contributed by atoms with E-state index >= 15 is 0 Å². The van der Waals surface area contributed by atoms with Crippen LogP contribution in [0.4, 0.5) is 5.69 Å². The fourth-order valence-corrected chi connectivity index (χ4v) is 3.55. The second-order valence-corrected chi connectivity index (χ2v) is 6.91. The summed E-state index contributed by atoms with van der Waals surface area (Å²) in [7, 11) is 0. The molecule has 23 heavy (non-hydrogen) atoms. The molecule has 0 bridgehead atoms. The zero-order chi connectivity index (χ0) is 16.2. The molecule has 1 saturated carbocycles. The molecule has 1 aromatic heterocycles. The molecular formula is C17H18Cl2N2OS. The van der Waals surface area contributed by atoms with Gasteiger partial charge in [-0.2, -0.15) is 0 Å². The molecule has 1 aliphatic carbocycles. The highest BCUT2D eigenvalue weighted by atomic mass is 35.5. The topological polar surface area (TPSA) is 28.4 Å². The minimum absolute atomic E-state index is 0.447. The van der Waals surface area contributed by atoms with Crippen LogP contribution in [0.3, 0.4) is 0 Å². The molecule has 122 valence electrons. The van der Waals surface area contributed by atoms with E-state index in [1.54, 1.807) is 18.4 Å². The maximum Gasteiger partial charge on any atom is 0.174 e. The van der Waals surface area contributed by atoms with Crippen molar-refractivity contribution in [3.63, 3.8) is 0 Å². The lowest BCUT2D eigenvalue weighted by Crippen LogP contribution is -2.40. The van der Waals surface area contributed by atoms with E-state index in [-0.39, 0.29) is 0 Å². The highest BCUT2D eigenvalue weighted by Gasteiger charge is 2.25. The first kappa shape index (κ1) is 16.6. The van der Waals surface area contributed by atoms with Crippen LogP contribution in [0.2, 0.25) is 10.0 Å². The molecule has 0 spiro atoms. The van der Waals surface area contributed by atoms with Gasteiger partial charge in [-0.25, -0.2) is 0 Å². The minimum Gasteiger partial charge on any atom is -0.467 e. The van der Waals surface area contributed by atoms with Gasteiger partial charge in [0.15, 0.2) is 5.11 Å². The molecule has 0 amide bonds. The summed E-state index contributed by atoms with van der Waals surface area (Å²) in [6, 6.07) is 9.75. The predicted octanol–water partition coefficient (Wildman–Crippen LogP) is 5.73. The Morgan fingerprint density at radius 1 is 1.22 bits per heavy atom. The van der Waals surface area contributed by atoms with E-state index in [2.05, 4.69) is 10.2 Å². The summed E-state index contributed by atoms with van der Waals surface area (Å²) in [5.41, 5.74) is 0.840. The number of nitrogens with one attached hydrogen (secondary N) is 1. The van der Waals surface area contributed by atoms with Crippen molar-refractivity contribution in [1.82, 2.24) is 4.90 Å². The van der Waals surface area contributed by atoms with E-state index in [9.17, 15) is 0 Å². The molecular weight excluding hydrogens is 351 g/mol. The number of hydrogen-bond donors (Lipinski definition) is 1. The summed E-state index contributed by atoms with van der Waals surface area (Å²) < 4.78 is 5.49. The summed E-state index contributed by atoms with van der Waals surface area (Å²) >= 11 is 17.7. The number of benzene rings is 1. The first-order chi connectivity index (χ1) is 11.1. The summed E-state index contributed by atoms with van der Waals surface area (Å²) in [6.45, 7) is 0.671. The molecule has 1 aromatic carbocycles. The molecule has 3 nitrogen and oxygen atoms in total. The number of furan rings is 1. The number of rotatable bonds is 4. The van der Waals surface area contributed by atoms with Gasteiger partial charge >= 0.3 is 0 Å². The van der Waals surface area contributed by atoms with E-state index in [1.807, 2.05) is 18.2 Å². The third-order valence-corrected chi connectivity index (χ3v) is 5.18. The number of thiocarbonyl (C=S) groups is 1. The third kappa shape index (κ3) is 4.19. The van der Waals surface area contributed by atoms with E-state index in [4.69, 9.17) is 39.8 Å². The lowest BCUT2D eigenvalue weighted by molar-refractivity contribution is 0.286. The van der Waals surface area contributed by atoms with Crippen molar-refractivity contribution in [1.29, 1.82) is 0 Å². The molecule has 0 atom stereocenters. The summed E-state index contributed by atoms with van der Waals surface area (Å²) in [5.74, 6) is 0.912. The Morgan fingerprint density at radius 2 is 2.00 bits per heavy atom. The maximum atomic E-state index is 6.08. The highest BCUT2D eigenvalue weighted by molar-refractivity contribution is 7.80. The van der Waals surface area contributed by atoms with E-state index in [1.165, 1.54) is 12.8 Å². The van der Waals surface area contributed by atoms with Crippen molar-refractivity contribution in [3.05, 3.63) is 52.4 Å². The van der Waals surface area contributed by atoms with Gasteiger partial charge in [0, 0.05) is 11.7 Å². The number of nitrogens with zero attached hydrogens (tertiary/aromatic N) is 1. The maximum absolute atomic E-state index is 6.08. The number of halogens is 2. The third-order valence-electron chi connectivity index (χ3n) is 4.10. The Balaban J connectivity index is 1.74. The van der Waals surface area contributed by atoms with Crippen LogP contribution in [-0.4, -0.2) is 16.1 Å². The predicted molar refractivity (Wildman–Crippen MR) is 99.2 cm³/mol. The summed E-state index contributed by atoms with van der Waals surface area (Å²) in [4.78, 5) is 2.21. The van der Waals surface area contributed by atoms with Crippen LogP contribution in [0.1, 0.15) is 31.4 Å². The molecule has 3 rings (SSSR count). The molecule has 1 heterocycles. The van der Waals surface area contributed by atoms with E-state index in [0.29, 0.717) is 27.7 Å². The first-order valence-electron chi connectivity index (χ1n) is 7.68. The molecule has 6 heteroatoms. The largest absolute Gasteiger partial charge is 0.467 e. The molecule has 0 radical (unpaired) electrons. The summed E-state index contributed by atoms with van der Waals surface area (Å²) in [6.07, 6.45) is 6.49. The Hall–Kier alpha value is -1.23. The average Bonchev–Trinajstić information content (AvgIpc) is 3.21. The van der Waals surface area contributed by atoms with Crippen LogP contribution in [-0.2, 0) is 6.54 Å². The monoisotopic (exact) mass is 368 g/mol. The Morgan fingerprint density at radius 3 is 2.65 bits per heavy atom. The van der Waals surface area contributed by atoms with Crippen molar-refractivity contribution in [2.75, 3.05) is 5.32 Å². The molecule has 0 saturated heterocycles. The molecule has 2 aromatic rings. The van der Waals surface area contributed by atoms with Crippen molar-refractivity contribution in [3.8, 4) is 0 Å². The smallest absolute Gasteiger partial charge is 0.174 e. The van der Waals surface area contributed by atoms with Crippen molar-refractivity contribution in [2.24, 2.45) is 0 Å². The standard InChI is InChI=1S/C17H18Cl2N2OS/c18-15-8-7-12(10-16(15)19)20-17(23)21(13-4-1-2-5-13)11-14-6-3-9-22-14/h3,6-10,13H,1-2,4-5,11H2,(H,20,23). The minimum atomic E-state index is 0.447. The molecule has 0 unspecified atom stereocenters. The van der Waals surface area contributed by atoms with Gasteiger partial charge in [-0.3, -0.25) is 0 Å². The van der Waals surface area contributed by atoms with Crippen LogP contribution in [0, 0.1) is 0 Å². The summed E-state index contributed by atoms with van der Waals surface area (Å²) in [5, 5.41) is 5.00. The van der Waals surface area contributed by atoms with Crippen molar-refractivity contribution in [2.45, 2.75) is 38.3 Å². The van der Waals surface area contributed by atoms with E-state index < -0.39 is 0 Å². The molecule has 0 aliphatic heterocycles. The highest BCUT2D eigenvalue weighted by Crippen LogP contribution is 2.28. The fourth-order valence-electron chi connectivity index (χ4n) is 2.92. The molecule has 1 aliphatic rings. The van der Waals surface area contributed by atoms with Gasteiger partial charge in [0.2, 0.25) is 0 Å². The van der Waals surface area contributed by atoms with Gasteiger partial charge in [-0.05, 0) is 55.4 Å². The lowest BCUT2D eigenvalue weighted by atomic mass is 10.2. The molecule has 1 fully saturated rings. The second kappa shape index (κ2) is 7.56. The number of anilines is 1. The Kier molecular flexibility index (Phi) is 5.46. The van der Waals surface area contributed by atoms with Gasteiger partial charge in [-0.15, -0.1) is 0 Å². The van der Waals surface area contributed by atoms with Crippen molar-refractivity contribution < 1.29 is 4.42 Å². The SMILES string of the molecule is S=C(Nc1ccc(Cl)c(Cl)c1)N(Cc1ccco1)C1CCCC1. The van der Waals surface area contributed by atoms with E-state index in [0.717, 1.165) is 24.3 Å². The first-order valence-corrected chi connectivity index (χ1v) is 8.85. The molecule has 1 N–H and O–H groups in total. The van der Waals surface area contributed by atoms with Crippen LogP contribution in [0.25, 0.3) is 0 Å². The van der Waals surface area contributed by atoms with Crippen LogP contribution >= 0.6 is 35.4 Å². The van der Waals surface area contributed by atoms with Gasteiger partial charge in [0.25, 0.3) is 0 Å². The zero-order valence-electron chi connectivity index (χ0n) is 12.6. The van der Waals surface area contributed by atoms with Gasteiger partial charge in [0.1, 0.15) is 5.76 Å². The van der Waals surface area contributed by atoms with Gasteiger partial charge in [-0.1, -0.05) is 36.0 Å². The fraction of sp³-hybridized carbons (Fsp3) is 0.353. The van der Waals surface area contributed by atoms with Gasteiger partial charge in [0.05, 0.1) is 22.9 Å². The lowest BCUT2D eigenvalue weighted by Gasteiger charge is -2.31. The zero-order valence-corrected chi connectivity index (χ0v) is 14.9.